The Morgan fingerprint density at radius 2 is 1.65 bits per heavy atom. The summed E-state index contributed by atoms with van der Waals surface area (Å²) in [7, 11) is 0. The largest absolute Gasteiger partial charge is 0.378 e. The van der Waals surface area contributed by atoms with Crippen LogP contribution in [0.15, 0.2) is 0 Å². The molecule has 0 bridgehead atoms. The molecule has 20 heavy (non-hydrogen) atoms. The van der Waals surface area contributed by atoms with Crippen LogP contribution in [-0.4, -0.2) is 65.2 Å². The second-order valence-electron chi connectivity index (χ2n) is 5.26. The van der Waals surface area contributed by atoms with E-state index in [1.807, 2.05) is 4.90 Å². The fourth-order valence-electron chi connectivity index (χ4n) is 2.54. The number of carbonyl (C=O) groups is 1. The highest BCUT2D eigenvalue weighted by Crippen LogP contribution is 2.15. The summed E-state index contributed by atoms with van der Waals surface area (Å²) in [5.74, 6) is 1.09. The molecule has 2 rings (SSSR count). The molecule has 2 fully saturated rings. The first-order chi connectivity index (χ1) is 9.77. The van der Waals surface area contributed by atoms with Gasteiger partial charge in [-0.15, -0.1) is 0 Å². The lowest BCUT2D eigenvalue weighted by atomic mass is 10.2. The molecule has 2 aliphatic heterocycles. The number of nitrogens with zero attached hydrogens (tertiary/aromatic N) is 2. The number of ether oxygens (including phenoxy) is 1. The Morgan fingerprint density at radius 1 is 1.00 bits per heavy atom. The van der Waals surface area contributed by atoms with E-state index in [0.29, 0.717) is 12.3 Å². The van der Waals surface area contributed by atoms with E-state index < -0.39 is 0 Å². The molecule has 0 unspecified atom stereocenters. The second-order valence-corrected chi connectivity index (χ2v) is 6.99. The minimum absolute atomic E-state index is 0.296. The van der Waals surface area contributed by atoms with Crippen LogP contribution >= 0.6 is 24.0 Å². The topological polar surface area (TPSA) is 32.8 Å². The van der Waals surface area contributed by atoms with Crippen molar-refractivity contribution in [2.45, 2.75) is 32.1 Å². The first kappa shape index (κ1) is 16.0. The number of hydrogen-bond donors (Lipinski definition) is 0. The Kier molecular flexibility index (Phi) is 7.10. The van der Waals surface area contributed by atoms with E-state index in [-0.39, 0.29) is 0 Å². The van der Waals surface area contributed by atoms with E-state index in [1.165, 1.54) is 12.8 Å². The Morgan fingerprint density at radius 3 is 2.30 bits per heavy atom. The molecule has 114 valence electrons. The summed E-state index contributed by atoms with van der Waals surface area (Å²) in [5.41, 5.74) is 0. The number of thioether (sulfide) groups is 1. The van der Waals surface area contributed by atoms with Gasteiger partial charge in [0.25, 0.3) is 0 Å². The summed E-state index contributed by atoms with van der Waals surface area (Å²) in [6.07, 6.45) is 5.45. The maximum atomic E-state index is 12.1. The molecule has 0 saturated carbocycles. The van der Waals surface area contributed by atoms with Crippen LogP contribution in [0.2, 0.25) is 0 Å². The molecule has 0 aliphatic carbocycles. The average Bonchev–Trinajstić information content (AvgIpc) is 2.77. The highest BCUT2D eigenvalue weighted by Gasteiger charge is 2.17. The van der Waals surface area contributed by atoms with Crippen molar-refractivity contribution in [1.29, 1.82) is 0 Å². The van der Waals surface area contributed by atoms with Crippen molar-refractivity contribution >= 4 is 34.2 Å². The van der Waals surface area contributed by atoms with Crippen LogP contribution in [0.25, 0.3) is 0 Å². The van der Waals surface area contributed by atoms with Crippen molar-refractivity contribution in [2.24, 2.45) is 0 Å². The molecule has 2 aliphatic rings. The minimum Gasteiger partial charge on any atom is -0.378 e. The van der Waals surface area contributed by atoms with Gasteiger partial charge in [0.1, 0.15) is 4.32 Å². The van der Waals surface area contributed by atoms with Gasteiger partial charge in [-0.3, -0.25) is 4.79 Å². The number of thiocarbonyl (C=S) groups is 1. The third-order valence-corrected chi connectivity index (χ3v) is 5.29. The van der Waals surface area contributed by atoms with Gasteiger partial charge in [-0.25, -0.2) is 0 Å². The molecular formula is C14H24N2O2S2. The highest BCUT2D eigenvalue weighted by atomic mass is 32.2. The minimum atomic E-state index is 0.296. The van der Waals surface area contributed by atoms with E-state index in [1.54, 1.807) is 11.8 Å². The first-order valence-corrected chi connectivity index (χ1v) is 8.94. The number of rotatable bonds is 3. The zero-order chi connectivity index (χ0) is 14.2. The number of amides is 1. The average molecular weight is 316 g/mol. The van der Waals surface area contributed by atoms with Crippen LogP contribution in [-0.2, 0) is 9.53 Å². The van der Waals surface area contributed by atoms with E-state index in [4.69, 9.17) is 17.0 Å². The number of hydrogen-bond acceptors (Lipinski definition) is 4. The number of carbonyl (C=O) groups excluding carboxylic acids is 1. The molecule has 2 saturated heterocycles. The van der Waals surface area contributed by atoms with Gasteiger partial charge in [0.2, 0.25) is 5.91 Å². The first-order valence-electron chi connectivity index (χ1n) is 7.54. The summed E-state index contributed by atoms with van der Waals surface area (Å²) < 4.78 is 6.23. The lowest BCUT2D eigenvalue weighted by Crippen LogP contribution is -2.38. The molecule has 1 amide bonds. The van der Waals surface area contributed by atoms with Crippen LogP contribution in [0.5, 0.6) is 0 Å². The molecule has 0 radical (unpaired) electrons. The molecule has 0 atom stereocenters. The van der Waals surface area contributed by atoms with Crippen LogP contribution in [0.4, 0.5) is 0 Å². The van der Waals surface area contributed by atoms with Crippen molar-refractivity contribution in [3.8, 4) is 0 Å². The van der Waals surface area contributed by atoms with Gasteiger partial charge in [0.15, 0.2) is 0 Å². The molecule has 0 aromatic carbocycles. The maximum Gasteiger partial charge on any atom is 0.223 e. The highest BCUT2D eigenvalue weighted by molar-refractivity contribution is 8.22. The van der Waals surface area contributed by atoms with Gasteiger partial charge in [-0.1, -0.05) is 36.8 Å². The van der Waals surface area contributed by atoms with Crippen LogP contribution in [0.3, 0.4) is 0 Å². The van der Waals surface area contributed by atoms with Crippen LogP contribution in [0.1, 0.15) is 32.1 Å². The lowest BCUT2D eigenvalue weighted by molar-refractivity contribution is -0.130. The Bertz CT molecular complexity index is 325. The van der Waals surface area contributed by atoms with Crippen molar-refractivity contribution in [2.75, 3.05) is 45.1 Å². The Labute approximate surface area is 131 Å². The fraction of sp³-hybridized carbons (Fsp3) is 0.857. The molecule has 0 N–H and O–H groups in total. The second kappa shape index (κ2) is 8.85. The van der Waals surface area contributed by atoms with E-state index in [9.17, 15) is 4.79 Å². The number of morpholine rings is 1. The quantitative estimate of drug-likeness (QED) is 0.745. The molecule has 2 heterocycles. The summed E-state index contributed by atoms with van der Waals surface area (Å²) in [6.45, 7) is 5.16. The zero-order valence-corrected chi connectivity index (χ0v) is 13.6. The molecule has 6 heteroatoms. The molecule has 0 aromatic heterocycles. The van der Waals surface area contributed by atoms with Gasteiger partial charge in [0.05, 0.1) is 13.2 Å². The van der Waals surface area contributed by atoms with E-state index in [2.05, 4.69) is 4.90 Å². The predicted octanol–water partition coefficient (Wildman–Crippen LogP) is 2.13. The van der Waals surface area contributed by atoms with Crippen LogP contribution in [0, 0.1) is 0 Å². The normalized spacial score (nSPS) is 20.6. The van der Waals surface area contributed by atoms with Crippen molar-refractivity contribution < 1.29 is 9.53 Å². The molecule has 4 nitrogen and oxygen atoms in total. The van der Waals surface area contributed by atoms with Crippen molar-refractivity contribution in [3.05, 3.63) is 0 Å². The predicted molar refractivity (Wildman–Crippen MR) is 87.1 cm³/mol. The fourth-order valence-corrected chi connectivity index (χ4v) is 3.79. The smallest absolute Gasteiger partial charge is 0.223 e. The SMILES string of the molecule is O=C(CCSC(=S)N1CCOCC1)N1CCCCCC1. The summed E-state index contributed by atoms with van der Waals surface area (Å²) >= 11 is 7.05. The maximum absolute atomic E-state index is 12.1. The van der Waals surface area contributed by atoms with Crippen molar-refractivity contribution in [1.82, 2.24) is 9.80 Å². The van der Waals surface area contributed by atoms with Gasteiger partial charge in [0, 0.05) is 38.4 Å². The van der Waals surface area contributed by atoms with Gasteiger partial charge < -0.3 is 14.5 Å². The Hall–Kier alpha value is -0.330. The molecular weight excluding hydrogens is 292 g/mol. The summed E-state index contributed by atoms with van der Waals surface area (Å²) in [6, 6.07) is 0. The van der Waals surface area contributed by atoms with Gasteiger partial charge in [-0.2, -0.15) is 0 Å². The number of likely N-dealkylation sites (tertiary alicyclic amines) is 1. The standard InChI is InChI=1S/C14H24N2O2S2/c17-13(15-6-3-1-2-4-7-15)5-12-20-14(19)16-8-10-18-11-9-16/h1-12H2. The van der Waals surface area contributed by atoms with Crippen molar-refractivity contribution in [3.63, 3.8) is 0 Å². The van der Waals surface area contributed by atoms with Crippen LogP contribution < -0.4 is 0 Å². The third-order valence-electron chi connectivity index (χ3n) is 3.77. The van der Waals surface area contributed by atoms with E-state index >= 15 is 0 Å². The third kappa shape index (κ3) is 5.22. The molecule has 0 spiro atoms. The van der Waals surface area contributed by atoms with E-state index in [0.717, 1.165) is 62.3 Å². The summed E-state index contributed by atoms with van der Waals surface area (Å²) in [5, 5.41) is 0. The lowest BCUT2D eigenvalue weighted by Gasteiger charge is -2.28. The van der Waals surface area contributed by atoms with Gasteiger partial charge >= 0.3 is 0 Å². The Balaban J connectivity index is 1.64. The zero-order valence-electron chi connectivity index (χ0n) is 12.0. The monoisotopic (exact) mass is 316 g/mol. The molecule has 0 aromatic rings. The van der Waals surface area contributed by atoms with Gasteiger partial charge in [-0.05, 0) is 12.8 Å². The summed E-state index contributed by atoms with van der Waals surface area (Å²) in [4.78, 5) is 16.4.